The van der Waals surface area contributed by atoms with Gasteiger partial charge in [0.1, 0.15) is 12.2 Å². The molecule has 2 aliphatic rings. The molecule has 2 aliphatic heterocycles. The van der Waals surface area contributed by atoms with E-state index in [1.165, 1.54) is 5.56 Å². The SMILES string of the molecule is CC(C)c1ccc2c(c1)C1OCCOC1C(c1c(Cl)cccc1Cl)N2. The summed E-state index contributed by atoms with van der Waals surface area (Å²) in [6.45, 7) is 5.55. The molecule has 3 atom stereocenters. The zero-order valence-electron chi connectivity index (χ0n) is 14.3. The third kappa shape index (κ3) is 3.04. The summed E-state index contributed by atoms with van der Waals surface area (Å²) in [6.07, 6.45) is -0.290. The van der Waals surface area contributed by atoms with Crippen molar-refractivity contribution in [3.63, 3.8) is 0 Å². The summed E-state index contributed by atoms with van der Waals surface area (Å²) < 4.78 is 12.2. The van der Waals surface area contributed by atoms with Crippen molar-refractivity contribution in [1.29, 1.82) is 0 Å². The van der Waals surface area contributed by atoms with Gasteiger partial charge in [-0.2, -0.15) is 0 Å². The van der Waals surface area contributed by atoms with Crippen LogP contribution in [0.15, 0.2) is 36.4 Å². The second kappa shape index (κ2) is 6.81. The quantitative estimate of drug-likeness (QED) is 0.723. The Morgan fingerprint density at radius 2 is 1.76 bits per heavy atom. The predicted octanol–water partition coefficient (Wildman–Crippen LogP) is 5.74. The van der Waals surface area contributed by atoms with Crippen LogP contribution in [0.5, 0.6) is 0 Å². The number of rotatable bonds is 2. The highest BCUT2D eigenvalue weighted by Crippen LogP contribution is 2.47. The van der Waals surface area contributed by atoms with Crippen LogP contribution in [0.1, 0.15) is 48.6 Å². The van der Waals surface area contributed by atoms with Gasteiger partial charge in [0, 0.05) is 26.9 Å². The first-order valence-electron chi connectivity index (χ1n) is 8.63. The second-order valence-corrected chi connectivity index (χ2v) is 7.70. The maximum absolute atomic E-state index is 6.47. The Kier molecular flexibility index (Phi) is 4.67. The van der Waals surface area contributed by atoms with Crippen molar-refractivity contribution in [2.45, 2.75) is 38.0 Å². The van der Waals surface area contributed by atoms with E-state index in [0.29, 0.717) is 29.2 Å². The number of anilines is 1. The number of benzene rings is 2. The molecule has 3 nitrogen and oxygen atoms in total. The summed E-state index contributed by atoms with van der Waals surface area (Å²) in [4.78, 5) is 0. The molecule has 3 unspecified atom stereocenters. The Bertz CT molecular complexity index is 773. The Labute approximate surface area is 158 Å². The van der Waals surface area contributed by atoms with Crippen LogP contribution >= 0.6 is 23.2 Å². The lowest BCUT2D eigenvalue weighted by Gasteiger charge is -2.43. The molecule has 0 aromatic heterocycles. The molecule has 4 rings (SSSR count). The second-order valence-electron chi connectivity index (χ2n) is 6.89. The molecule has 2 aromatic rings. The van der Waals surface area contributed by atoms with Crippen LogP contribution in [0, 0.1) is 0 Å². The normalized spacial score (nSPS) is 25.2. The third-order valence-corrected chi connectivity index (χ3v) is 5.65. The number of hydrogen-bond acceptors (Lipinski definition) is 3. The van der Waals surface area contributed by atoms with Crippen LogP contribution in [0.2, 0.25) is 10.0 Å². The summed E-state index contributed by atoms with van der Waals surface area (Å²) in [5.41, 5.74) is 4.36. The summed E-state index contributed by atoms with van der Waals surface area (Å²) >= 11 is 12.9. The summed E-state index contributed by atoms with van der Waals surface area (Å²) in [5.74, 6) is 0.462. The van der Waals surface area contributed by atoms with Crippen LogP contribution < -0.4 is 5.32 Å². The fourth-order valence-electron chi connectivity index (χ4n) is 3.68. The van der Waals surface area contributed by atoms with E-state index in [2.05, 4.69) is 37.4 Å². The van der Waals surface area contributed by atoms with E-state index in [1.807, 2.05) is 18.2 Å². The van der Waals surface area contributed by atoms with Crippen molar-refractivity contribution in [2.75, 3.05) is 18.5 Å². The van der Waals surface area contributed by atoms with Crippen molar-refractivity contribution < 1.29 is 9.47 Å². The Balaban J connectivity index is 1.81. The fraction of sp³-hybridized carbons (Fsp3) is 0.400. The van der Waals surface area contributed by atoms with Crippen LogP contribution in [0.3, 0.4) is 0 Å². The zero-order valence-corrected chi connectivity index (χ0v) is 15.8. The first kappa shape index (κ1) is 17.2. The van der Waals surface area contributed by atoms with Crippen molar-refractivity contribution in [3.05, 3.63) is 63.1 Å². The van der Waals surface area contributed by atoms with Gasteiger partial charge in [-0.3, -0.25) is 0 Å². The maximum Gasteiger partial charge on any atom is 0.113 e. The van der Waals surface area contributed by atoms with Gasteiger partial charge in [-0.05, 0) is 29.7 Å². The molecule has 2 heterocycles. The van der Waals surface area contributed by atoms with Gasteiger partial charge in [0.25, 0.3) is 0 Å². The summed E-state index contributed by atoms with van der Waals surface area (Å²) in [7, 11) is 0. The van der Waals surface area contributed by atoms with Gasteiger partial charge < -0.3 is 14.8 Å². The summed E-state index contributed by atoms with van der Waals surface area (Å²) in [5, 5.41) is 4.86. The molecule has 1 fully saturated rings. The highest BCUT2D eigenvalue weighted by Gasteiger charge is 2.42. The standard InChI is InChI=1S/C20H21Cl2NO2/c1-11(2)12-6-7-16-13(10-12)19-20(25-9-8-24-19)18(23-16)17-14(21)4-3-5-15(17)22/h3-7,10-11,18-20,23H,8-9H2,1-2H3. The largest absolute Gasteiger partial charge is 0.375 e. The molecule has 0 bridgehead atoms. The molecule has 1 saturated heterocycles. The lowest BCUT2D eigenvalue weighted by Crippen LogP contribution is -2.43. The van der Waals surface area contributed by atoms with E-state index >= 15 is 0 Å². The first-order chi connectivity index (χ1) is 12.1. The number of nitrogens with one attached hydrogen (secondary N) is 1. The number of ether oxygens (including phenoxy) is 2. The first-order valence-corrected chi connectivity index (χ1v) is 9.39. The molecule has 5 heteroatoms. The molecule has 2 aromatic carbocycles. The number of hydrogen-bond donors (Lipinski definition) is 1. The van der Waals surface area contributed by atoms with E-state index in [0.717, 1.165) is 16.8 Å². The lowest BCUT2D eigenvalue weighted by molar-refractivity contribution is -0.151. The number of halogens is 2. The Morgan fingerprint density at radius 3 is 2.48 bits per heavy atom. The number of fused-ring (bicyclic) bond motifs is 3. The van der Waals surface area contributed by atoms with Crippen LogP contribution in [-0.4, -0.2) is 19.3 Å². The molecular formula is C20H21Cl2NO2. The monoisotopic (exact) mass is 377 g/mol. The van der Waals surface area contributed by atoms with Gasteiger partial charge in [-0.25, -0.2) is 0 Å². The van der Waals surface area contributed by atoms with Gasteiger partial charge >= 0.3 is 0 Å². The van der Waals surface area contributed by atoms with Crippen molar-refractivity contribution in [1.82, 2.24) is 0 Å². The van der Waals surface area contributed by atoms with E-state index in [1.54, 1.807) is 0 Å². The van der Waals surface area contributed by atoms with E-state index in [9.17, 15) is 0 Å². The van der Waals surface area contributed by atoms with Crippen molar-refractivity contribution in [3.8, 4) is 0 Å². The highest BCUT2D eigenvalue weighted by atomic mass is 35.5. The van der Waals surface area contributed by atoms with Crippen LogP contribution in [-0.2, 0) is 9.47 Å². The van der Waals surface area contributed by atoms with E-state index in [-0.39, 0.29) is 18.2 Å². The van der Waals surface area contributed by atoms with Crippen molar-refractivity contribution in [2.24, 2.45) is 0 Å². The van der Waals surface area contributed by atoms with E-state index < -0.39 is 0 Å². The van der Waals surface area contributed by atoms with Gasteiger partial charge in [0.2, 0.25) is 0 Å². The van der Waals surface area contributed by atoms with Gasteiger partial charge in [0.15, 0.2) is 0 Å². The molecule has 1 N–H and O–H groups in total. The topological polar surface area (TPSA) is 30.5 Å². The minimum Gasteiger partial charge on any atom is -0.375 e. The van der Waals surface area contributed by atoms with Crippen molar-refractivity contribution >= 4 is 28.9 Å². The Hall–Kier alpha value is -1.26. The highest BCUT2D eigenvalue weighted by molar-refractivity contribution is 6.36. The molecular weight excluding hydrogens is 357 g/mol. The minimum atomic E-state index is -0.166. The van der Waals surface area contributed by atoms with E-state index in [4.69, 9.17) is 32.7 Å². The summed E-state index contributed by atoms with van der Waals surface area (Å²) in [6, 6.07) is 11.9. The molecule has 0 radical (unpaired) electrons. The zero-order chi connectivity index (χ0) is 17.6. The molecule has 132 valence electrons. The van der Waals surface area contributed by atoms with Gasteiger partial charge in [0.05, 0.1) is 19.3 Å². The van der Waals surface area contributed by atoms with Crippen LogP contribution in [0.4, 0.5) is 5.69 Å². The smallest absolute Gasteiger partial charge is 0.113 e. The van der Waals surface area contributed by atoms with Crippen LogP contribution in [0.25, 0.3) is 0 Å². The molecule has 0 spiro atoms. The lowest BCUT2D eigenvalue weighted by atomic mass is 9.86. The molecule has 25 heavy (non-hydrogen) atoms. The average Bonchev–Trinajstić information content (AvgIpc) is 2.61. The maximum atomic E-state index is 6.47. The minimum absolute atomic E-state index is 0.124. The van der Waals surface area contributed by atoms with Gasteiger partial charge in [-0.1, -0.05) is 55.2 Å². The fourth-order valence-corrected chi connectivity index (χ4v) is 4.31. The third-order valence-electron chi connectivity index (χ3n) is 4.99. The average molecular weight is 378 g/mol. The molecule has 0 aliphatic carbocycles. The van der Waals surface area contributed by atoms with Gasteiger partial charge in [-0.15, -0.1) is 0 Å². The molecule has 0 saturated carbocycles. The predicted molar refractivity (Wildman–Crippen MR) is 102 cm³/mol. The Morgan fingerprint density at radius 1 is 1.04 bits per heavy atom. The molecule has 0 amide bonds.